The van der Waals surface area contributed by atoms with Gasteiger partial charge in [-0.1, -0.05) is 18.7 Å². The molecular weight excluding hydrogens is 503 g/mol. The monoisotopic (exact) mass is 526 g/mol. The number of ether oxygens (including phenoxy) is 1. The Morgan fingerprint density at radius 3 is 2.90 bits per heavy atom. The van der Waals surface area contributed by atoms with Crippen LogP contribution in [-0.2, 0) is 16.1 Å². The van der Waals surface area contributed by atoms with Crippen LogP contribution in [0.25, 0.3) is 0 Å². The van der Waals surface area contributed by atoms with E-state index in [1.807, 2.05) is 24.3 Å². The molecule has 0 saturated carbocycles. The normalized spacial score (nSPS) is 28.7. The maximum atomic E-state index is 11.9. The van der Waals surface area contributed by atoms with E-state index in [0.717, 1.165) is 9.13 Å². The second kappa shape index (κ2) is 9.55. The molecule has 0 unspecified atom stereocenters. The summed E-state index contributed by atoms with van der Waals surface area (Å²) in [5, 5.41) is 26.1. The third-order valence-corrected chi connectivity index (χ3v) is 5.30. The number of amides is 1. The number of hydrogen-bond donors (Lipinski definition) is 5. The molecule has 0 spiro atoms. The predicted molar refractivity (Wildman–Crippen MR) is 120 cm³/mol. The van der Waals surface area contributed by atoms with Crippen molar-refractivity contribution in [3.05, 3.63) is 57.7 Å². The zero-order chi connectivity index (χ0) is 21.8. The average molecular weight is 526 g/mol. The molecule has 1 saturated heterocycles. The van der Waals surface area contributed by atoms with Crippen molar-refractivity contribution in [1.82, 2.24) is 15.5 Å². The number of halogens is 1. The van der Waals surface area contributed by atoms with Crippen LogP contribution in [0.2, 0.25) is 0 Å². The Bertz CT molecular complexity index is 918. The van der Waals surface area contributed by atoms with Crippen LogP contribution in [0.1, 0.15) is 5.56 Å². The van der Waals surface area contributed by atoms with Crippen molar-refractivity contribution >= 4 is 40.7 Å². The first-order valence-electron chi connectivity index (χ1n) is 9.10. The number of aliphatic imine (C=N–C) groups is 2. The van der Waals surface area contributed by atoms with Gasteiger partial charge in [0, 0.05) is 23.4 Å². The zero-order valence-corrected chi connectivity index (χ0v) is 18.4. The highest BCUT2D eigenvalue weighted by Gasteiger charge is 2.50. The minimum Gasteiger partial charge on any atom is -0.387 e. The molecule has 0 aliphatic carbocycles. The van der Waals surface area contributed by atoms with Gasteiger partial charge < -0.3 is 31.3 Å². The number of nitrogens with two attached hydrogens (primary N) is 1. The van der Waals surface area contributed by atoms with Crippen molar-refractivity contribution in [2.45, 2.75) is 31.1 Å². The number of aliphatic hydroxyl groups excluding tert-OH is 2. The molecule has 3 rings (SSSR count). The second-order valence-corrected chi connectivity index (χ2v) is 7.82. The number of benzene rings is 1. The molecule has 0 radical (unpaired) electrons. The van der Waals surface area contributed by atoms with E-state index < -0.39 is 30.4 Å². The van der Waals surface area contributed by atoms with Crippen molar-refractivity contribution in [3.63, 3.8) is 0 Å². The topological polar surface area (TPSA) is 145 Å². The van der Waals surface area contributed by atoms with E-state index in [4.69, 9.17) is 10.5 Å². The summed E-state index contributed by atoms with van der Waals surface area (Å²) in [4.78, 5) is 21.8. The van der Waals surface area contributed by atoms with Crippen LogP contribution in [0.3, 0.4) is 0 Å². The Balaban J connectivity index is 1.80. The minimum absolute atomic E-state index is 0.268. The standard InChI is InChI=1S/C19H23IN6O4/c1-3-23-17-12(16(21)24-8-10-5-4-6-11(20)7-10)25-9-26(17)19-14(28)13(27)15(30-19)18(29)22-2/h3-7,9,13-15,19,24,27-28H,1,8,21H2,2H3,(H,22,29)/b16-12-,23-17+/t13-,14+,15-,19+/m0/s1. The van der Waals surface area contributed by atoms with Gasteiger partial charge in [0.15, 0.2) is 18.2 Å². The van der Waals surface area contributed by atoms with Gasteiger partial charge in [-0.15, -0.1) is 0 Å². The number of aliphatic hydroxyl groups is 2. The van der Waals surface area contributed by atoms with Gasteiger partial charge in [0.05, 0.1) is 6.34 Å². The van der Waals surface area contributed by atoms with E-state index >= 15 is 0 Å². The predicted octanol–water partition coefficient (Wildman–Crippen LogP) is -0.413. The lowest BCUT2D eigenvalue weighted by Gasteiger charge is -2.25. The van der Waals surface area contributed by atoms with Crippen molar-refractivity contribution in [3.8, 4) is 0 Å². The van der Waals surface area contributed by atoms with Crippen LogP contribution in [0.4, 0.5) is 0 Å². The zero-order valence-electron chi connectivity index (χ0n) is 16.2. The lowest BCUT2D eigenvalue weighted by Crippen LogP contribution is -2.45. The van der Waals surface area contributed by atoms with Crippen LogP contribution in [0.5, 0.6) is 0 Å². The second-order valence-electron chi connectivity index (χ2n) is 6.58. The highest BCUT2D eigenvalue weighted by Crippen LogP contribution is 2.28. The van der Waals surface area contributed by atoms with E-state index in [9.17, 15) is 15.0 Å². The molecule has 1 amide bonds. The molecule has 4 atom stereocenters. The molecule has 11 heteroatoms. The van der Waals surface area contributed by atoms with Crippen LogP contribution in [0.15, 0.2) is 58.5 Å². The highest BCUT2D eigenvalue weighted by molar-refractivity contribution is 14.1. The van der Waals surface area contributed by atoms with Crippen LogP contribution in [0, 0.1) is 3.57 Å². The number of amidine groups is 1. The maximum absolute atomic E-state index is 11.9. The first kappa shape index (κ1) is 22.2. The minimum atomic E-state index is -1.41. The van der Waals surface area contributed by atoms with Gasteiger partial charge in [0.1, 0.15) is 23.7 Å². The van der Waals surface area contributed by atoms with Gasteiger partial charge >= 0.3 is 0 Å². The van der Waals surface area contributed by atoms with Gasteiger partial charge in [-0.3, -0.25) is 9.69 Å². The lowest BCUT2D eigenvalue weighted by molar-refractivity contribution is -0.136. The molecule has 160 valence electrons. The molecular formula is C19H23IN6O4. The Morgan fingerprint density at radius 1 is 1.47 bits per heavy atom. The van der Waals surface area contributed by atoms with Gasteiger partial charge in [-0.05, 0) is 40.3 Å². The fourth-order valence-electron chi connectivity index (χ4n) is 3.12. The van der Waals surface area contributed by atoms with Crippen molar-refractivity contribution in [2.24, 2.45) is 15.7 Å². The van der Waals surface area contributed by atoms with Crippen molar-refractivity contribution in [2.75, 3.05) is 7.05 Å². The SMILES string of the molecule is C=C/N=C1\C(=C(/N)NCc2cccc(I)c2)N=CN1[C@@H]1O[C@H](C(=O)NC)[C@@H](O)[C@H]1O. The molecule has 6 N–H and O–H groups in total. The smallest absolute Gasteiger partial charge is 0.251 e. The first-order chi connectivity index (χ1) is 14.4. The summed E-state index contributed by atoms with van der Waals surface area (Å²) in [7, 11) is 1.42. The lowest BCUT2D eigenvalue weighted by atomic mass is 10.1. The highest BCUT2D eigenvalue weighted by atomic mass is 127. The molecule has 1 aromatic carbocycles. The third kappa shape index (κ3) is 4.48. The Hall–Kier alpha value is -2.48. The number of nitrogens with zero attached hydrogens (tertiary/aromatic N) is 3. The summed E-state index contributed by atoms with van der Waals surface area (Å²) in [6.45, 7) is 4.08. The van der Waals surface area contributed by atoms with E-state index in [2.05, 4.69) is 49.8 Å². The van der Waals surface area contributed by atoms with Gasteiger partial charge in [-0.25, -0.2) is 9.98 Å². The van der Waals surface area contributed by atoms with Crippen LogP contribution in [-0.4, -0.2) is 64.8 Å². The first-order valence-corrected chi connectivity index (χ1v) is 10.2. The number of rotatable bonds is 6. The van der Waals surface area contributed by atoms with Gasteiger partial charge in [0.2, 0.25) is 0 Å². The average Bonchev–Trinajstić information content (AvgIpc) is 3.27. The number of nitrogens with one attached hydrogen (secondary N) is 2. The van der Waals surface area contributed by atoms with E-state index in [1.54, 1.807) is 0 Å². The van der Waals surface area contributed by atoms with Crippen LogP contribution < -0.4 is 16.4 Å². The van der Waals surface area contributed by atoms with E-state index in [1.165, 1.54) is 24.5 Å². The van der Waals surface area contributed by atoms with Crippen molar-refractivity contribution < 1.29 is 19.7 Å². The Morgan fingerprint density at radius 2 is 2.23 bits per heavy atom. The summed E-state index contributed by atoms with van der Waals surface area (Å²) in [6.07, 6.45) is -2.39. The van der Waals surface area contributed by atoms with Crippen LogP contribution >= 0.6 is 22.6 Å². The molecule has 2 aliphatic heterocycles. The fourth-order valence-corrected chi connectivity index (χ4v) is 3.73. The molecule has 30 heavy (non-hydrogen) atoms. The largest absolute Gasteiger partial charge is 0.387 e. The molecule has 1 fully saturated rings. The number of carbonyl (C=O) groups is 1. The number of carbonyl (C=O) groups excluding carboxylic acids is 1. The summed E-state index contributed by atoms with van der Waals surface area (Å²) in [5.74, 6) is -0.00705. The molecule has 0 bridgehead atoms. The van der Waals surface area contributed by atoms with Gasteiger partial charge in [0.25, 0.3) is 5.91 Å². The van der Waals surface area contributed by atoms with Crippen molar-refractivity contribution in [1.29, 1.82) is 0 Å². The van der Waals surface area contributed by atoms with E-state index in [0.29, 0.717) is 12.2 Å². The molecule has 10 nitrogen and oxygen atoms in total. The van der Waals surface area contributed by atoms with E-state index in [-0.39, 0.29) is 11.7 Å². The number of hydrogen-bond acceptors (Lipinski definition) is 8. The molecule has 1 aromatic rings. The Labute approximate surface area is 187 Å². The summed E-state index contributed by atoms with van der Waals surface area (Å²) < 4.78 is 6.70. The maximum Gasteiger partial charge on any atom is 0.251 e. The Kier molecular flexibility index (Phi) is 7.07. The van der Waals surface area contributed by atoms with Gasteiger partial charge in [-0.2, -0.15) is 0 Å². The summed E-state index contributed by atoms with van der Waals surface area (Å²) in [5.41, 5.74) is 7.57. The summed E-state index contributed by atoms with van der Waals surface area (Å²) in [6, 6.07) is 7.94. The quantitative estimate of drug-likeness (QED) is 0.317. The molecule has 0 aromatic heterocycles. The number of likely N-dealkylation sites (N-methyl/N-ethyl adjacent to an activating group) is 1. The molecule has 2 aliphatic rings. The third-order valence-electron chi connectivity index (χ3n) is 4.63. The summed E-state index contributed by atoms with van der Waals surface area (Å²) >= 11 is 2.23. The molecule has 2 heterocycles. The fraction of sp³-hybridized carbons (Fsp3) is 0.316.